The predicted octanol–water partition coefficient (Wildman–Crippen LogP) is 4.83. The third kappa shape index (κ3) is 4.69. The Morgan fingerprint density at radius 1 is 1.23 bits per heavy atom. The molecular weight excluding hydrogens is 398 g/mol. The normalized spacial score (nSPS) is 27.0. The Bertz CT molecular complexity index is 771. The van der Waals surface area contributed by atoms with E-state index >= 15 is 0 Å². The minimum atomic E-state index is -1.78. The number of nitrogens with zero attached hydrogens (tertiary/aromatic N) is 2. The van der Waals surface area contributed by atoms with E-state index in [1.807, 2.05) is 38.6 Å². The van der Waals surface area contributed by atoms with Gasteiger partial charge in [0.15, 0.2) is 14.1 Å². The second-order valence-corrected chi connectivity index (χ2v) is 16.6. The van der Waals surface area contributed by atoms with Crippen molar-refractivity contribution in [2.24, 2.45) is 0 Å². The Labute approximate surface area is 182 Å². The summed E-state index contributed by atoms with van der Waals surface area (Å²) in [6.45, 7) is 19.5. The van der Waals surface area contributed by atoms with E-state index in [1.165, 1.54) is 0 Å². The summed E-state index contributed by atoms with van der Waals surface area (Å²) in [5, 5.41) is 7.77. The van der Waals surface area contributed by atoms with Gasteiger partial charge in [-0.25, -0.2) is 4.79 Å². The van der Waals surface area contributed by atoms with Gasteiger partial charge in [0.2, 0.25) is 0 Å². The summed E-state index contributed by atoms with van der Waals surface area (Å²) in [5.41, 5.74) is -0.623. The van der Waals surface area contributed by atoms with Crippen LogP contribution in [0.25, 0.3) is 0 Å². The van der Waals surface area contributed by atoms with E-state index in [4.69, 9.17) is 13.9 Å². The Morgan fingerprint density at radius 2 is 1.83 bits per heavy atom. The number of alkyl carbamates (subject to hydrolysis) is 1. The maximum atomic E-state index is 12.1. The van der Waals surface area contributed by atoms with Gasteiger partial charge in [0.25, 0.3) is 0 Å². The molecule has 2 bridgehead atoms. The number of aromatic nitrogens is 2. The van der Waals surface area contributed by atoms with E-state index in [9.17, 15) is 4.79 Å². The molecule has 4 rings (SSSR count). The van der Waals surface area contributed by atoms with Crippen molar-refractivity contribution in [1.29, 1.82) is 0 Å². The molecule has 30 heavy (non-hydrogen) atoms. The number of carbonyl (C=O) groups excluding carboxylic acids is 1. The molecule has 1 N–H and O–H groups in total. The van der Waals surface area contributed by atoms with Crippen LogP contribution in [0.5, 0.6) is 5.75 Å². The van der Waals surface area contributed by atoms with Gasteiger partial charge in [0.1, 0.15) is 11.7 Å². The fourth-order valence-electron chi connectivity index (χ4n) is 4.07. The largest absolute Gasteiger partial charge is 0.485 e. The van der Waals surface area contributed by atoms with Crippen molar-refractivity contribution in [2.45, 2.75) is 109 Å². The fraction of sp³-hybridized carbons (Fsp3) is 0.818. The topological polar surface area (TPSA) is 74.6 Å². The molecule has 3 fully saturated rings. The zero-order chi connectivity index (χ0) is 22.6. The summed E-state index contributed by atoms with van der Waals surface area (Å²) < 4.78 is 19.7. The molecule has 0 spiro atoms. The van der Waals surface area contributed by atoms with Gasteiger partial charge < -0.3 is 19.2 Å². The molecule has 1 aromatic rings. The van der Waals surface area contributed by atoms with Crippen LogP contribution in [0.2, 0.25) is 18.1 Å². The first kappa shape index (κ1) is 23.1. The average Bonchev–Trinajstić information content (AvgIpc) is 2.92. The first-order valence-electron chi connectivity index (χ1n) is 10.9. The maximum Gasteiger partial charge on any atom is 0.408 e. The lowest BCUT2D eigenvalue weighted by Gasteiger charge is -2.69. The quantitative estimate of drug-likeness (QED) is 0.619. The Hall–Kier alpha value is -1.54. The molecule has 3 aliphatic rings. The molecular formula is C22H39N3O4Si. The summed E-state index contributed by atoms with van der Waals surface area (Å²) in [6, 6.07) is 0. The van der Waals surface area contributed by atoms with Gasteiger partial charge in [-0.2, -0.15) is 5.10 Å². The number of hydrogen-bond acceptors (Lipinski definition) is 5. The summed E-state index contributed by atoms with van der Waals surface area (Å²) in [7, 11) is -1.78. The van der Waals surface area contributed by atoms with Gasteiger partial charge in [-0.1, -0.05) is 20.8 Å². The molecule has 1 atom stereocenters. The number of hydrogen-bond donors (Lipinski definition) is 1. The Kier molecular flexibility index (Phi) is 5.60. The second-order valence-electron chi connectivity index (χ2n) is 11.8. The number of rotatable bonds is 7. The highest BCUT2D eigenvalue weighted by atomic mass is 28.4. The van der Waals surface area contributed by atoms with Gasteiger partial charge in [0, 0.05) is 0 Å². The van der Waals surface area contributed by atoms with Crippen molar-refractivity contribution < 1.29 is 18.7 Å². The highest BCUT2D eigenvalue weighted by Crippen LogP contribution is 2.65. The third-order valence-electron chi connectivity index (χ3n) is 6.64. The zero-order valence-corrected chi connectivity index (χ0v) is 21.1. The zero-order valence-electron chi connectivity index (χ0n) is 20.1. The monoisotopic (exact) mass is 437 g/mol. The van der Waals surface area contributed by atoms with Crippen LogP contribution in [0.15, 0.2) is 12.4 Å². The lowest BCUT2D eigenvalue weighted by molar-refractivity contribution is -0.143. The van der Waals surface area contributed by atoms with Crippen molar-refractivity contribution in [2.75, 3.05) is 6.61 Å². The average molecular weight is 438 g/mol. The molecule has 1 aromatic heterocycles. The van der Waals surface area contributed by atoms with Crippen LogP contribution >= 0.6 is 0 Å². The molecule has 0 unspecified atom stereocenters. The lowest BCUT2D eigenvalue weighted by atomic mass is 9.44. The van der Waals surface area contributed by atoms with E-state index in [1.54, 1.807) is 6.20 Å². The van der Waals surface area contributed by atoms with E-state index in [0.29, 0.717) is 6.61 Å². The third-order valence-corrected chi connectivity index (χ3v) is 11.1. The Balaban J connectivity index is 1.48. The minimum absolute atomic E-state index is 0.00248. The summed E-state index contributed by atoms with van der Waals surface area (Å²) in [4.78, 5) is 12.1. The summed E-state index contributed by atoms with van der Waals surface area (Å²) in [6.07, 6.45) is 6.01. The van der Waals surface area contributed by atoms with E-state index < -0.39 is 13.9 Å². The second kappa shape index (κ2) is 7.26. The van der Waals surface area contributed by atoms with Crippen molar-refractivity contribution in [3.8, 4) is 5.75 Å². The standard InChI is InChI=1S/C22H39N3O4Si/c1-16(12-27-30(8,9)20(5,6)7)28-17-10-23-25(11-17)22-13-21(14-22,15-22)24-18(26)29-19(2,3)4/h10-11,16H,12-15H2,1-9H3,(H,24,26)/t16-,21?,22?/m1/s1. The SMILES string of the molecule is C[C@H](CO[Si](C)(C)C(C)(C)C)Oc1cnn(C23CC(NC(=O)OC(C)(C)C)(C2)C3)c1. The molecule has 3 aliphatic carbocycles. The highest BCUT2D eigenvalue weighted by Gasteiger charge is 2.70. The summed E-state index contributed by atoms with van der Waals surface area (Å²) >= 11 is 0. The van der Waals surface area contributed by atoms with Crippen LogP contribution in [0, 0.1) is 0 Å². The van der Waals surface area contributed by atoms with Crippen LogP contribution in [0.3, 0.4) is 0 Å². The number of carbonyl (C=O) groups is 1. The highest BCUT2D eigenvalue weighted by molar-refractivity contribution is 6.74. The number of ether oxygens (including phenoxy) is 2. The number of nitrogens with one attached hydrogen (secondary N) is 1. The molecule has 8 heteroatoms. The molecule has 170 valence electrons. The van der Waals surface area contributed by atoms with E-state index in [-0.39, 0.29) is 28.3 Å². The minimum Gasteiger partial charge on any atom is -0.485 e. The van der Waals surface area contributed by atoms with Gasteiger partial charge in [-0.05, 0) is 65.1 Å². The first-order chi connectivity index (χ1) is 13.5. The van der Waals surface area contributed by atoms with Crippen LogP contribution in [-0.2, 0) is 14.7 Å². The lowest BCUT2D eigenvalue weighted by Crippen LogP contribution is -2.79. The van der Waals surface area contributed by atoms with Crippen LogP contribution in [-0.4, -0.2) is 48.0 Å². The smallest absolute Gasteiger partial charge is 0.408 e. The van der Waals surface area contributed by atoms with Crippen molar-refractivity contribution >= 4 is 14.4 Å². The van der Waals surface area contributed by atoms with Crippen LogP contribution < -0.4 is 10.1 Å². The van der Waals surface area contributed by atoms with Gasteiger partial charge >= 0.3 is 6.09 Å². The van der Waals surface area contributed by atoms with Crippen LogP contribution in [0.4, 0.5) is 4.79 Å². The van der Waals surface area contributed by atoms with Crippen molar-refractivity contribution in [1.82, 2.24) is 15.1 Å². The summed E-state index contributed by atoms with van der Waals surface area (Å²) in [5.74, 6) is 0.764. The Morgan fingerprint density at radius 3 is 2.37 bits per heavy atom. The molecule has 0 aliphatic heterocycles. The molecule has 1 amide bonds. The van der Waals surface area contributed by atoms with E-state index in [2.05, 4.69) is 44.3 Å². The first-order valence-corrected chi connectivity index (χ1v) is 13.8. The molecule has 0 radical (unpaired) electrons. The predicted molar refractivity (Wildman–Crippen MR) is 119 cm³/mol. The maximum absolute atomic E-state index is 12.1. The molecule has 0 aromatic carbocycles. The van der Waals surface area contributed by atoms with Crippen LogP contribution in [0.1, 0.15) is 67.7 Å². The molecule has 0 saturated heterocycles. The molecule has 7 nitrogen and oxygen atoms in total. The van der Waals surface area contributed by atoms with Gasteiger partial charge in [-0.3, -0.25) is 4.68 Å². The van der Waals surface area contributed by atoms with E-state index in [0.717, 1.165) is 25.0 Å². The van der Waals surface area contributed by atoms with Gasteiger partial charge in [0.05, 0.1) is 30.1 Å². The molecule has 3 saturated carbocycles. The fourth-order valence-corrected chi connectivity index (χ4v) is 5.15. The van der Waals surface area contributed by atoms with Crippen molar-refractivity contribution in [3.63, 3.8) is 0 Å². The van der Waals surface area contributed by atoms with Gasteiger partial charge in [-0.15, -0.1) is 0 Å². The number of amides is 1. The molecule has 1 heterocycles. The van der Waals surface area contributed by atoms with Crippen molar-refractivity contribution in [3.05, 3.63) is 12.4 Å².